The molecule has 166 valence electrons. The molecule has 11 nitrogen and oxygen atoms in total. The summed E-state index contributed by atoms with van der Waals surface area (Å²) >= 11 is 0. The highest BCUT2D eigenvalue weighted by atomic mass is 32.2. The minimum atomic E-state index is -3.74. The van der Waals surface area contributed by atoms with E-state index in [0.717, 1.165) is 22.0 Å². The summed E-state index contributed by atoms with van der Waals surface area (Å²) in [5.74, 6) is 5.53. The summed E-state index contributed by atoms with van der Waals surface area (Å²) in [7, 11) is -1.01. The van der Waals surface area contributed by atoms with Gasteiger partial charge in [-0.2, -0.15) is 4.98 Å². The van der Waals surface area contributed by atoms with Gasteiger partial charge in [0.15, 0.2) is 11.2 Å². The summed E-state index contributed by atoms with van der Waals surface area (Å²) in [5.41, 5.74) is -1.17. The highest BCUT2D eigenvalue weighted by Crippen LogP contribution is 2.32. The van der Waals surface area contributed by atoms with E-state index in [-0.39, 0.29) is 40.2 Å². The maximum atomic E-state index is 12.8. The first-order valence-corrected chi connectivity index (χ1v) is 11.4. The molecule has 4 rings (SSSR count). The van der Waals surface area contributed by atoms with Gasteiger partial charge in [0.25, 0.3) is 11.2 Å². The molecule has 0 aliphatic heterocycles. The van der Waals surface area contributed by atoms with Crippen molar-refractivity contribution in [1.29, 1.82) is 0 Å². The fraction of sp³-hybridized carbons (Fsp3) is 0.350. The lowest BCUT2D eigenvalue weighted by Crippen LogP contribution is -2.38. The summed E-state index contributed by atoms with van der Waals surface area (Å²) in [4.78, 5) is 39.9. The average Bonchev–Trinajstić information content (AvgIpc) is 3.47. The van der Waals surface area contributed by atoms with Crippen LogP contribution in [0.3, 0.4) is 0 Å². The lowest BCUT2D eigenvalue weighted by atomic mass is 10.2. The molecule has 0 bridgehead atoms. The first kappa shape index (κ1) is 21.5. The molecule has 3 aromatic rings. The van der Waals surface area contributed by atoms with Gasteiger partial charge in [-0.3, -0.25) is 24.0 Å². The standard InChI is InChI=1S/C20H19N5O6S/c1-22-16-17(21-19(22)32(30,31)12-14-8-9-14)24(20(27)23(2)18(16)26)10-4-6-13-5-3-7-15(11-13)25(28)29/h3,5,7,11,14H,8-10,12H2,1-2H3. The molecule has 2 aromatic heterocycles. The summed E-state index contributed by atoms with van der Waals surface area (Å²) in [5, 5.41) is 10.7. The quantitative estimate of drug-likeness (QED) is 0.310. The van der Waals surface area contributed by atoms with Crippen LogP contribution in [0.25, 0.3) is 11.2 Å². The number of benzene rings is 1. The number of aromatic nitrogens is 4. The number of nitrogens with zero attached hydrogens (tertiary/aromatic N) is 5. The lowest BCUT2D eigenvalue weighted by molar-refractivity contribution is -0.384. The molecule has 0 N–H and O–H groups in total. The molecule has 1 saturated carbocycles. The highest BCUT2D eigenvalue weighted by Gasteiger charge is 2.33. The van der Waals surface area contributed by atoms with Crippen LogP contribution in [0.5, 0.6) is 0 Å². The van der Waals surface area contributed by atoms with Crippen molar-refractivity contribution in [1.82, 2.24) is 18.7 Å². The zero-order valence-electron chi connectivity index (χ0n) is 17.3. The van der Waals surface area contributed by atoms with E-state index in [0.29, 0.717) is 5.56 Å². The van der Waals surface area contributed by atoms with Crippen LogP contribution in [0.15, 0.2) is 39.0 Å². The molecule has 0 radical (unpaired) electrons. The third kappa shape index (κ3) is 3.82. The monoisotopic (exact) mass is 457 g/mol. The number of aryl methyl sites for hydroxylation is 1. The normalized spacial score (nSPS) is 13.7. The van der Waals surface area contributed by atoms with Crippen molar-refractivity contribution in [3.8, 4) is 11.8 Å². The first-order valence-electron chi connectivity index (χ1n) is 9.72. The Morgan fingerprint density at radius 2 is 1.94 bits per heavy atom. The van der Waals surface area contributed by atoms with Crippen LogP contribution in [0.1, 0.15) is 18.4 Å². The molecule has 1 aliphatic rings. The topological polar surface area (TPSA) is 139 Å². The molecule has 0 unspecified atom stereocenters. The average molecular weight is 457 g/mol. The summed E-state index contributed by atoms with van der Waals surface area (Å²) in [6.45, 7) is -0.189. The summed E-state index contributed by atoms with van der Waals surface area (Å²) in [6.07, 6.45) is 1.67. The molecule has 1 fully saturated rings. The van der Waals surface area contributed by atoms with E-state index in [2.05, 4.69) is 16.8 Å². The molecule has 1 aromatic carbocycles. The molecular weight excluding hydrogens is 438 g/mol. The van der Waals surface area contributed by atoms with E-state index < -0.39 is 26.0 Å². The zero-order chi connectivity index (χ0) is 23.2. The van der Waals surface area contributed by atoms with E-state index in [1.54, 1.807) is 6.07 Å². The van der Waals surface area contributed by atoms with E-state index in [4.69, 9.17) is 0 Å². The minimum absolute atomic E-state index is 0.0152. The number of hydrogen-bond donors (Lipinski definition) is 0. The Morgan fingerprint density at radius 3 is 2.59 bits per heavy atom. The van der Waals surface area contributed by atoms with Crippen LogP contribution in [0.4, 0.5) is 5.69 Å². The Morgan fingerprint density at radius 1 is 1.22 bits per heavy atom. The van der Waals surface area contributed by atoms with Gasteiger partial charge in [-0.05, 0) is 24.8 Å². The molecule has 32 heavy (non-hydrogen) atoms. The maximum absolute atomic E-state index is 12.8. The SMILES string of the molecule is Cn1c(=O)c2c(nc(S(=O)(=O)CC3CC3)n2C)n(CC#Cc2cccc([N+](=O)[O-])c2)c1=O. The van der Waals surface area contributed by atoms with Gasteiger partial charge in [-0.15, -0.1) is 0 Å². The number of nitro benzene ring substituents is 1. The number of sulfone groups is 1. The number of rotatable bonds is 5. The molecule has 12 heteroatoms. The van der Waals surface area contributed by atoms with Gasteiger partial charge in [0.05, 0.1) is 17.2 Å². The Kier molecular flexibility index (Phi) is 5.21. The fourth-order valence-corrected chi connectivity index (χ4v) is 5.25. The molecular formula is C20H19N5O6S. The van der Waals surface area contributed by atoms with Crippen LogP contribution in [0.2, 0.25) is 0 Å². The molecule has 0 amide bonds. The van der Waals surface area contributed by atoms with Crippen molar-refractivity contribution < 1.29 is 13.3 Å². The first-order chi connectivity index (χ1) is 15.1. The van der Waals surface area contributed by atoms with E-state index in [9.17, 15) is 28.1 Å². The number of hydrogen-bond acceptors (Lipinski definition) is 7. The third-order valence-electron chi connectivity index (χ3n) is 5.27. The van der Waals surface area contributed by atoms with Gasteiger partial charge >= 0.3 is 5.69 Å². The largest absolute Gasteiger partial charge is 0.333 e. The predicted octanol–water partition coefficient (Wildman–Crippen LogP) is 0.577. The van der Waals surface area contributed by atoms with Gasteiger partial charge in [-0.1, -0.05) is 17.9 Å². The maximum Gasteiger partial charge on any atom is 0.333 e. The van der Waals surface area contributed by atoms with E-state index in [1.807, 2.05) is 0 Å². The Bertz CT molecular complexity index is 1550. The fourth-order valence-electron chi connectivity index (χ4n) is 3.42. The Balaban J connectivity index is 1.81. The number of imidazole rings is 1. The second-order valence-electron chi connectivity index (χ2n) is 7.69. The zero-order valence-corrected chi connectivity index (χ0v) is 18.1. The van der Waals surface area contributed by atoms with Crippen molar-refractivity contribution in [2.45, 2.75) is 24.5 Å². The number of non-ortho nitro benzene ring substituents is 1. The highest BCUT2D eigenvalue weighted by molar-refractivity contribution is 7.91. The second-order valence-corrected chi connectivity index (χ2v) is 9.62. The Hall–Kier alpha value is -3.72. The minimum Gasteiger partial charge on any atom is -0.312 e. The van der Waals surface area contributed by atoms with Crippen LogP contribution in [-0.4, -0.2) is 37.8 Å². The van der Waals surface area contributed by atoms with Gasteiger partial charge in [-0.25, -0.2) is 13.2 Å². The van der Waals surface area contributed by atoms with Gasteiger partial charge in [0.2, 0.25) is 15.0 Å². The molecule has 0 saturated heterocycles. The molecule has 0 atom stereocenters. The molecule has 0 spiro atoms. The molecule has 1 aliphatic carbocycles. The van der Waals surface area contributed by atoms with Crippen LogP contribution in [0, 0.1) is 27.9 Å². The van der Waals surface area contributed by atoms with Gasteiger partial charge in [0.1, 0.15) is 0 Å². The van der Waals surface area contributed by atoms with Crippen molar-refractivity contribution in [3.05, 3.63) is 60.8 Å². The van der Waals surface area contributed by atoms with Gasteiger partial charge in [0, 0.05) is 31.8 Å². The number of fused-ring (bicyclic) bond motifs is 1. The molecule has 2 heterocycles. The second kappa shape index (κ2) is 7.76. The van der Waals surface area contributed by atoms with Crippen molar-refractivity contribution in [3.63, 3.8) is 0 Å². The van der Waals surface area contributed by atoms with E-state index in [1.165, 1.54) is 36.9 Å². The summed E-state index contributed by atoms with van der Waals surface area (Å²) < 4.78 is 28.8. The smallest absolute Gasteiger partial charge is 0.312 e. The summed E-state index contributed by atoms with van der Waals surface area (Å²) in [6, 6.07) is 5.72. The lowest BCUT2D eigenvalue weighted by Gasteiger charge is -2.06. The van der Waals surface area contributed by atoms with Crippen molar-refractivity contribution >= 4 is 26.7 Å². The van der Waals surface area contributed by atoms with Crippen LogP contribution < -0.4 is 11.2 Å². The van der Waals surface area contributed by atoms with Crippen molar-refractivity contribution in [2.24, 2.45) is 20.0 Å². The van der Waals surface area contributed by atoms with Crippen LogP contribution >= 0.6 is 0 Å². The van der Waals surface area contributed by atoms with E-state index >= 15 is 0 Å². The van der Waals surface area contributed by atoms with Crippen molar-refractivity contribution in [2.75, 3.05) is 5.75 Å². The third-order valence-corrected chi connectivity index (χ3v) is 7.11. The predicted molar refractivity (Wildman–Crippen MR) is 115 cm³/mol. The van der Waals surface area contributed by atoms with Gasteiger partial charge < -0.3 is 4.57 Å². The van der Waals surface area contributed by atoms with Crippen LogP contribution in [-0.2, 0) is 30.5 Å². The number of nitro groups is 1. The Labute approximate surface area is 182 Å².